The lowest BCUT2D eigenvalue weighted by molar-refractivity contribution is -0.119. The molecule has 0 radical (unpaired) electrons. The van der Waals surface area contributed by atoms with Gasteiger partial charge in [-0.25, -0.2) is 9.78 Å². The van der Waals surface area contributed by atoms with Crippen molar-refractivity contribution >= 4 is 40.4 Å². The maximum absolute atomic E-state index is 12.3. The number of hydrogen-bond donors (Lipinski definition) is 1. The molecule has 0 bridgehead atoms. The lowest BCUT2D eigenvalue weighted by Crippen LogP contribution is -2.21. The summed E-state index contributed by atoms with van der Waals surface area (Å²) in [6.45, 7) is 1.40. The third-order valence-electron chi connectivity index (χ3n) is 3.89. The average Bonchev–Trinajstić information content (AvgIpc) is 2.98. The molecule has 3 rings (SSSR count). The number of pyridine rings is 1. The van der Waals surface area contributed by atoms with Crippen LogP contribution in [0.5, 0.6) is 0 Å². The number of para-hydroxylation sites is 1. The van der Waals surface area contributed by atoms with E-state index >= 15 is 0 Å². The number of esters is 1. The second-order valence-electron chi connectivity index (χ2n) is 5.87. The minimum absolute atomic E-state index is 0.251. The second kappa shape index (κ2) is 8.54. The van der Waals surface area contributed by atoms with Crippen LogP contribution in [-0.2, 0) is 16.6 Å². The van der Waals surface area contributed by atoms with Gasteiger partial charge in [0.1, 0.15) is 0 Å². The molecule has 0 spiro atoms. The number of nitriles is 1. The van der Waals surface area contributed by atoms with Gasteiger partial charge in [-0.15, -0.1) is 11.8 Å². The number of aryl methyl sites for hydroxylation is 2. The fraction of sp³-hybridized carbons (Fsp3) is 0.211. The van der Waals surface area contributed by atoms with E-state index < -0.39 is 18.5 Å². The number of hydrogen-bond acceptors (Lipinski definition) is 7. The zero-order chi connectivity index (χ0) is 20.1. The molecular weight excluding hydrogens is 378 g/mol. The van der Waals surface area contributed by atoms with Crippen molar-refractivity contribution in [1.82, 2.24) is 14.8 Å². The number of thioether (sulfide) groups is 1. The normalized spacial score (nSPS) is 10.5. The summed E-state index contributed by atoms with van der Waals surface area (Å²) < 4.78 is 6.74. The van der Waals surface area contributed by atoms with Crippen molar-refractivity contribution < 1.29 is 14.3 Å². The minimum atomic E-state index is -0.639. The van der Waals surface area contributed by atoms with Gasteiger partial charge in [0.05, 0.1) is 28.8 Å². The van der Waals surface area contributed by atoms with Crippen LogP contribution in [0.25, 0.3) is 11.0 Å². The van der Waals surface area contributed by atoms with Gasteiger partial charge >= 0.3 is 5.97 Å². The maximum atomic E-state index is 12.3. The highest BCUT2D eigenvalue weighted by Crippen LogP contribution is 2.26. The predicted octanol–water partition coefficient (Wildman–Crippen LogP) is 2.69. The zero-order valence-corrected chi connectivity index (χ0v) is 16.1. The number of carbonyl (C=O) groups excluding carboxylic acids is 2. The molecule has 9 heteroatoms. The molecule has 1 aromatic carbocycles. The van der Waals surface area contributed by atoms with Crippen LogP contribution >= 0.6 is 11.8 Å². The third kappa shape index (κ3) is 4.29. The quantitative estimate of drug-likeness (QED) is 0.505. The van der Waals surface area contributed by atoms with E-state index in [1.165, 1.54) is 18.0 Å². The summed E-state index contributed by atoms with van der Waals surface area (Å²) in [4.78, 5) is 29.4. The molecule has 8 nitrogen and oxygen atoms in total. The van der Waals surface area contributed by atoms with Crippen LogP contribution in [0.3, 0.4) is 0 Å². The Kier molecular flexibility index (Phi) is 5.91. The summed E-state index contributed by atoms with van der Waals surface area (Å²) >= 11 is 1.31. The summed E-state index contributed by atoms with van der Waals surface area (Å²) in [5, 5.41) is 16.4. The van der Waals surface area contributed by atoms with Crippen molar-refractivity contribution in [3.05, 3.63) is 47.8 Å². The van der Waals surface area contributed by atoms with Crippen LogP contribution in [-0.4, -0.2) is 39.0 Å². The van der Waals surface area contributed by atoms with Gasteiger partial charge in [-0.1, -0.05) is 12.1 Å². The molecule has 0 unspecified atom stereocenters. The van der Waals surface area contributed by atoms with Crippen molar-refractivity contribution in [2.45, 2.75) is 11.8 Å². The van der Waals surface area contributed by atoms with E-state index in [2.05, 4.69) is 15.4 Å². The number of anilines is 1. The Morgan fingerprint density at radius 1 is 1.36 bits per heavy atom. The van der Waals surface area contributed by atoms with E-state index in [0.717, 1.165) is 16.0 Å². The molecule has 0 saturated heterocycles. The van der Waals surface area contributed by atoms with Crippen LogP contribution in [0, 0.1) is 18.3 Å². The minimum Gasteiger partial charge on any atom is -0.452 e. The molecule has 2 heterocycles. The van der Waals surface area contributed by atoms with Gasteiger partial charge in [-0.05, 0) is 25.1 Å². The first kappa shape index (κ1) is 19.4. The Hall–Kier alpha value is -3.38. The van der Waals surface area contributed by atoms with E-state index in [1.54, 1.807) is 36.0 Å². The highest BCUT2D eigenvalue weighted by Gasteiger charge is 2.15. The van der Waals surface area contributed by atoms with E-state index in [9.17, 15) is 9.59 Å². The van der Waals surface area contributed by atoms with Crippen LogP contribution in [0.15, 0.2) is 41.4 Å². The van der Waals surface area contributed by atoms with Gasteiger partial charge in [0, 0.05) is 23.5 Å². The number of nitrogens with one attached hydrogen (secondary N) is 1. The van der Waals surface area contributed by atoms with Gasteiger partial charge in [-0.2, -0.15) is 10.4 Å². The van der Waals surface area contributed by atoms with Crippen molar-refractivity contribution in [2.24, 2.45) is 7.05 Å². The molecule has 0 fully saturated rings. The molecule has 28 heavy (non-hydrogen) atoms. The van der Waals surface area contributed by atoms with Crippen molar-refractivity contribution in [1.29, 1.82) is 5.26 Å². The largest absolute Gasteiger partial charge is 0.452 e. The number of benzene rings is 1. The second-order valence-corrected chi connectivity index (χ2v) is 6.89. The van der Waals surface area contributed by atoms with Crippen LogP contribution in [0.4, 0.5) is 5.69 Å². The summed E-state index contributed by atoms with van der Waals surface area (Å²) in [5.41, 5.74) is 2.24. The summed E-state index contributed by atoms with van der Waals surface area (Å²) in [7, 11) is 1.78. The van der Waals surface area contributed by atoms with Gasteiger partial charge in [-0.3, -0.25) is 9.48 Å². The van der Waals surface area contributed by atoms with Gasteiger partial charge < -0.3 is 10.1 Å². The fourth-order valence-corrected chi connectivity index (χ4v) is 3.30. The van der Waals surface area contributed by atoms with Gasteiger partial charge in [0.15, 0.2) is 12.3 Å². The molecule has 142 valence electrons. The Morgan fingerprint density at radius 2 is 2.14 bits per heavy atom. The smallest absolute Gasteiger partial charge is 0.340 e. The summed E-state index contributed by atoms with van der Waals surface area (Å²) in [6.07, 6.45) is 1.40. The van der Waals surface area contributed by atoms with Crippen molar-refractivity contribution in [3.8, 4) is 6.07 Å². The molecule has 1 amide bonds. The van der Waals surface area contributed by atoms with Gasteiger partial charge in [0.25, 0.3) is 5.91 Å². The first-order chi connectivity index (χ1) is 13.5. The Bertz CT molecular complexity index is 1090. The first-order valence-corrected chi connectivity index (χ1v) is 9.33. The van der Waals surface area contributed by atoms with Crippen molar-refractivity contribution in [3.63, 3.8) is 0 Å². The molecule has 0 aliphatic rings. The SMILES string of the molecule is Cc1nn(C)c2ncc(C(=O)OCC(=O)Nc3ccccc3SCC#N)cc12. The standard InChI is InChI=1S/C19H17N5O3S/c1-12-14-9-13(10-21-18(14)24(2)23-12)19(26)27-11-17(25)22-15-5-3-4-6-16(15)28-8-7-20/h3-6,9-10H,8,11H2,1-2H3,(H,22,25). The predicted molar refractivity (Wildman–Crippen MR) is 105 cm³/mol. The number of rotatable bonds is 6. The van der Waals surface area contributed by atoms with Crippen molar-refractivity contribution in [2.75, 3.05) is 17.7 Å². The number of fused-ring (bicyclic) bond motifs is 1. The molecular formula is C19H17N5O3S. The lowest BCUT2D eigenvalue weighted by atomic mass is 10.2. The monoisotopic (exact) mass is 395 g/mol. The Balaban J connectivity index is 1.63. The number of nitrogens with zero attached hydrogens (tertiary/aromatic N) is 4. The van der Waals surface area contributed by atoms with Gasteiger partial charge in [0.2, 0.25) is 0 Å². The van der Waals surface area contributed by atoms with Crippen LogP contribution < -0.4 is 5.32 Å². The van der Waals surface area contributed by atoms with E-state index in [-0.39, 0.29) is 11.3 Å². The number of carbonyl (C=O) groups is 2. The van der Waals surface area contributed by atoms with Crippen LogP contribution in [0.2, 0.25) is 0 Å². The van der Waals surface area contributed by atoms with E-state index in [0.29, 0.717) is 11.3 Å². The Labute approximate surface area is 165 Å². The van der Waals surface area contributed by atoms with Crippen LogP contribution in [0.1, 0.15) is 16.1 Å². The highest BCUT2D eigenvalue weighted by molar-refractivity contribution is 7.99. The molecule has 0 saturated carbocycles. The number of amides is 1. The van der Waals surface area contributed by atoms with E-state index in [4.69, 9.17) is 10.00 Å². The number of ether oxygens (including phenoxy) is 1. The highest BCUT2D eigenvalue weighted by atomic mass is 32.2. The maximum Gasteiger partial charge on any atom is 0.340 e. The van der Waals surface area contributed by atoms with E-state index in [1.807, 2.05) is 19.1 Å². The molecule has 0 atom stereocenters. The molecule has 0 aliphatic heterocycles. The topological polar surface area (TPSA) is 110 Å². The molecule has 3 aromatic rings. The zero-order valence-electron chi connectivity index (χ0n) is 15.3. The Morgan fingerprint density at radius 3 is 2.93 bits per heavy atom. The number of aromatic nitrogens is 3. The molecule has 2 aromatic heterocycles. The first-order valence-electron chi connectivity index (χ1n) is 8.34. The lowest BCUT2D eigenvalue weighted by Gasteiger charge is -2.10. The molecule has 0 aliphatic carbocycles. The fourth-order valence-electron chi connectivity index (χ4n) is 2.63. The molecule has 1 N–H and O–H groups in total. The summed E-state index contributed by atoms with van der Waals surface area (Å²) in [6, 6.07) is 10.8. The average molecular weight is 395 g/mol. The summed E-state index contributed by atoms with van der Waals surface area (Å²) in [5.74, 6) is -0.838. The third-order valence-corrected chi connectivity index (χ3v) is 4.83.